The molecule has 1 aromatic carbocycles. The van der Waals surface area contributed by atoms with E-state index in [0.717, 1.165) is 4.90 Å². The first kappa shape index (κ1) is 12.4. The second-order valence-electron chi connectivity index (χ2n) is 3.55. The Hall–Kier alpha value is -2.08. The van der Waals surface area contributed by atoms with Crippen LogP contribution in [0, 0.1) is 0 Å². The standard InChI is InChI=1S/C12H11N3O2S/c13-8-1-3-9(4-2-8)18-6-11-10(12(16)17)5-14-7-15-11/h1-5,7H,6,13H2,(H,16,17). The number of carbonyl (C=O) groups is 1. The van der Waals surface area contributed by atoms with E-state index in [1.54, 1.807) is 12.1 Å². The van der Waals surface area contributed by atoms with Crippen molar-refractivity contribution in [3.05, 3.63) is 48.0 Å². The van der Waals surface area contributed by atoms with Crippen LogP contribution in [0.5, 0.6) is 0 Å². The van der Waals surface area contributed by atoms with Crippen LogP contribution in [0.4, 0.5) is 5.69 Å². The van der Waals surface area contributed by atoms with Crippen LogP contribution in [0.3, 0.4) is 0 Å². The molecular formula is C12H11N3O2S. The molecule has 0 aliphatic carbocycles. The summed E-state index contributed by atoms with van der Waals surface area (Å²) in [5.74, 6) is -0.530. The lowest BCUT2D eigenvalue weighted by Crippen LogP contribution is -2.04. The molecule has 0 saturated heterocycles. The van der Waals surface area contributed by atoms with Crippen LogP contribution in [0.2, 0.25) is 0 Å². The van der Waals surface area contributed by atoms with Crippen LogP contribution in [-0.4, -0.2) is 21.0 Å². The van der Waals surface area contributed by atoms with Gasteiger partial charge in [-0.25, -0.2) is 14.8 Å². The summed E-state index contributed by atoms with van der Waals surface area (Å²) >= 11 is 1.50. The zero-order valence-electron chi connectivity index (χ0n) is 9.41. The molecule has 6 heteroatoms. The summed E-state index contributed by atoms with van der Waals surface area (Å²) in [4.78, 5) is 19.7. The Morgan fingerprint density at radius 2 is 2.06 bits per heavy atom. The van der Waals surface area contributed by atoms with Crippen molar-refractivity contribution in [3.63, 3.8) is 0 Å². The normalized spacial score (nSPS) is 10.2. The molecular weight excluding hydrogens is 250 g/mol. The lowest BCUT2D eigenvalue weighted by atomic mass is 10.2. The molecule has 18 heavy (non-hydrogen) atoms. The second-order valence-corrected chi connectivity index (χ2v) is 4.59. The summed E-state index contributed by atoms with van der Waals surface area (Å²) < 4.78 is 0. The minimum absolute atomic E-state index is 0.139. The third-order valence-electron chi connectivity index (χ3n) is 2.28. The van der Waals surface area contributed by atoms with Gasteiger partial charge in [-0.05, 0) is 24.3 Å². The molecule has 0 amide bonds. The Balaban J connectivity index is 2.10. The first-order valence-corrected chi connectivity index (χ1v) is 6.16. The van der Waals surface area contributed by atoms with Crippen LogP contribution in [0.15, 0.2) is 41.7 Å². The number of anilines is 1. The molecule has 92 valence electrons. The van der Waals surface area contributed by atoms with Gasteiger partial charge in [0.2, 0.25) is 0 Å². The van der Waals surface area contributed by atoms with Crippen molar-refractivity contribution in [1.82, 2.24) is 9.97 Å². The number of rotatable bonds is 4. The highest BCUT2D eigenvalue weighted by Crippen LogP contribution is 2.23. The molecule has 2 rings (SSSR count). The van der Waals surface area contributed by atoms with Gasteiger partial charge in [-0.3, -0.25) is 0 Å². The summed E-state index contributed by atoms with van der Waals surface area (Å²) in [5, 5.41) is 8.99. The van der Waals surface area contributed by atoms with E-state index in [1.165, 1.54) is 24.3 Å². The predicted octanol–water partition coefficient (Wildman–Crippen LogP) is 2.05. The lowest BCUT2D eigenvalue weighted by Gasteiger charge is -2.04. The number of nitrogens with zero attached hydrogens (tertiary/aromatic N) is 2. The van der Waals surface area contributed by atoms with Crippen molar-refractivity contribution in [1.29, 1.82) is 0 Å². The van der Waals surface area contributed by atoms with Gasteiger partial charge < -0.3 is 10.8 Å². The molecule has 0 atom stereocenters. The van der Waals surface area contributed by atoms with Crippen molar-refractivity contribution in [2.45, 2.75) is 10.6 Å². The number of aromatic nitrogens is 2. The number of carboxylic acids is 1. The highest BCUT2D eigenvalue weighted by Gasteiger charge is 2.11. The summed E-state index contributed by atoms with van der Waals surface area (Å²) in [6, 6.07) is 7.39. The molecule has 5 nitrogen and oxygen atoms in total. The molecule has 1 heterocycles. The number of nitrogens with two attached hydrogens (primary N) is 1. The second kappa shape index (κ2) is 5.50. The third-order valence-corrected chi connectivity index (χ3v) is 3.30. The monoisotopic (exact) mass is 261 g/mol. The highest BCUT2D eigenvalue weighted by atomic mass is 32.2. The quantitative estimate of drug-likeness (QED) is 0.646. The number of benzene rings is 1. The van der Waals surface area contributed by atoms with Gasteiger partial charge in [-0.2, -0.15) is 0 Å². The fraction of sp³-hybridized carbons (Fsp3) is 0.0833. The minimum atomic E-state index is -1.01. The number of hydrogen-bond acceptors (Lipinski definition) is 5. The number of carboxylic acid groups (broad SMARTS) is 1. The molecule has 0 fully saturated rings. The zero-order chi connectivity index (χ0) is 13.0. The van der Waals surface area contributed by atoms with Crippen molar-refractivity contribution in [2.24, 2.45) is 0 Å². The Bertz CT molecular complexity index is 558. The molecule has 0 saturated carbocycles. The van der Waals surface area contributed by atoms with Crippen LogP contribution in [0.1, 0.15) is 16.1 Å². The Labute approximate surface area is 108 Å². The molecule has 0 aliphatic heterocycles. The largest absolute Gasteiger partial charge is 0.478 e. The fourth-order valence-corrected chi connectivity index (χ4v) is 2.23. The maximum atomic E-state index is 11.0. The van der Waals surface area contributed by atoms with Crippen molar-refractivity contribution in [2.75, 3.05) is 5.73 Å². The molecule has 1 aromatic heterocycles. The van der Waals surface area contributed by atoms with Gasteiger partial charge in [-0.15, -0.1) is 11.8 Å². The van der Waals surface area contributed by atoms with Gasteiger partial charge in [0.25, 0.3) is 0 Å². The Kier molecular flexibility index (Phi) is 3.78. The molecule has 0 unspecified atom stereocenters. The summed E-state index contributed by atoms with van der Waals surface area (Å²) in [6.07, 6.45) is 2.67. The SMILES string of the molecule is Nc1ccc(SCc2ncncc2C(=O)O)cc1. The third kappa shape index (κ3) is 2.98. The number of thioether (sulfide) groups is 1. The van der Waals surface area contributed by atoms with Gasteiger partial charge in [-0.1, -0.05) is 0 Å². The van der Waals surface area contributed by atoms with Crippen molar-refractivity contribution >= 4 is 23.4 Å². The van der Waals surface area contributed by atoms with Crippen molar-refractivity contribution in [3.8, 4) is 0 Å². The summed E-state index contributed by atoms with van der Waals surface area (Å²) in [7, 11) is 0. The number of aromatic carboxylic acids is 1. The average Bonchev–Trinajstić information content (AvgIpc) is 2.38. The van der Waals surface area contributed by atoms with Crippen LogP contribution < -0.4 is 5.73 Å². The fourth-order valence-electron chi connectivity index (χ4n) is 1.36. The predicted molar refractivity (Wildman–Crippen MR) is 69.4 cm³/mol. The van der Waals surface area contributed by atoms with Gasteiger partial charge in [0, 0.05) is 22.5 Å². The van der Waals surface area contributed by atoms with E-state index in [1.807, 2.05) is 12.1 Å². The van der Waals surface area contributed by atoms with Crippen LogP contribution in [-0.2, 0) is 5.75 Å². The number of hydrogen-bond donors (Lipinski definition) is 2. The van der Waals surface area contributed by atoms with Gasteiger partial charge in [0.05, 0.1) is 5.69 Å². The Morgan fingerprint density at radius 1 is 1.33 bits per heavy atom. The highest BCUT2D eigenvalue weighted by molar-refractivity contribution is 7.98. The van der Waals surface area contributed by atoms with Crippen LogP contribution in [0.25, 0.3) is 0 Å². The molecule has 0 spiro atoms. The number of nitrogen functional groups attached to an aromatic ring is 1. The average molecular weight is 261 g/mol. The lowest BCUT2D eigenvalue weighted by molar-refractivity contribution is 0.0695. The molecule has 3 N–H and O–H groups in total. The molecule has 0 bridgehead atoms. The van der Waals surface area contributed by atoms with E-state index < -0.39 is 5.97 Å². The van der Waals surface area contributed by atoms with E-state index in [0.29, 0.717) is 17.1 Å². The van der Waals surface area contributed by atoms with Gasteiger partial charge in [0.15, 0.2) is 0 Å². The van der Waals surface area contributed by atoms with E-state index in [9.17, 15) is 4.79 Å². The van der Waals surface area contributed by atoms with Crippen LogP contribution >= 0.6 is 11.8 Å². The summed E-state index contributed by atoms with van der Waals surface area (Å²) in [6.45, 7) is 0. The maximum Gasteiger partial charge on any atom is 0.339 e. The van der Waals surface area contributed by atoms with Crippen molar-refractivity contribution < 1.29 is 9.90 Å². The van der Waals surface area contributed by atoms with E-state index in [-0.39, 0.29) is 5.56 Å². The summed E-state index contributed by atoms with van der Waals surface area (Å²) in [5.41, 5.74) is 6.94. The van der Waals surface area contributed by atoms with E-state index >= 15 is 0 Å². The maximum absolute atomic E-state index is 11.0. The molecule has 0 radical (unpaired) electrons. The smallest absolute Gasteiger partial charge is 0.339 e. The van der Waals surface area contributed by atoms with Gasteiger partial charge >= 0.3 is 5.97 Å². The Morgan fingerprint density at radius 3 is 2.72 bits per heavy atom. The zero-order valence-corrected chi connectivity index (χ0v) is 10.2. The van der Waals surface area contributed by atoms with E-state index in [4.69, 9.17) is 10.8 Å². The molecule has 2 aromatic rings. The molecule has 0 aliphatic rings. The van der Waals surface area contributed by atoms with Gasteiger partial charge in [0.1, 0.15) is 11.9 Å². The topological polar surface area (TPSA) is 89.1 Å². The first-order valence-electron chi connectivity index (χ1n) is 5.17. The van der Waals surface area contributed by atoms with E-state index in [2.05, 4.69) is 9.97 Å². The minimum Gasteiger partial charge on any atom is -0.478 e. The first-order chi connectivity index (χ1) is 8.66.